The number of allylic oxidation sites excluding steroid dienone is 1. The third-order valence-corrected chi connectivity index (χ3v) is 3.03. The number of hydrogen-bond donors (Lipinski definition) is 1. The zero-order valence-electron chi connectivity index (χ0n) is 10.4. The van der Waals surface area contributed by atoms with Crippen molar-refractivity contribution in [1.29, 1.82) is 0 Å². The second kappa shape index (κ2) is 4.94. The topological polar surface area (TPSA) is 20.2 Å². The van der Waals surface area contributed by atoms with Crippen LogP contribution < -0.4 is 0 Å². The average Bonchev–Trinajstić information content (AvgIpc) is 1.97. The van der Waals surface area contributed by atoms with E-state index in [1.807, 2.05) is 13.0 Å². The molecule has 0 aromatic rings. The minimum atomic E-state index is -1.18. The van der Waals surface area contributed by atoms with Gasteiger partial charge in [0.1, 0.15) is 0 Å². The minimum absolute atomic E-state index is 0.683. The second-order valence-electron chi connectivity index (χ2n) is 5.54. The molecule has 0 aliphatic rings. The van der Waals surface area contributed by atoms with Gasteiger partial charge in [0.05, 0.1) is 13.7 Å². The molecular formula is C12H24OSi. The van der Waals surface area contributed by atoms with Gasteiger partial charge in [0.25, 0.3) is 0 Å². The zero-order chi connectivity index (χ0) is 11.4. The molecule has 0 spiro atoms. The largest absolute Gasteiger partial charge is 0.386 e. The predicted octanol–water partition coefficient (Wildman–Crippen LogP) is 3.53. The van der Waals surface area contributed by atoms with Gasteiger partial charge in [-0.15, -0.1) is 0 Å². The Morgan fingerprint density at radius 3 is 2.14 bits per heavy atom. The Morgan fingerprint density at radius 2 is 1.79 bits per heavy atom. The lowest BCUT2D eigenvalue weighted by Crippen LogP contribution is -2.23. The number of hydrogen-bond acceptors (Lipinski definition) is 1. The molecule has 0 saturated carbocycles. The monoisotopic (exact) mass is 212 g/mol. The maximum atomic E-state index is 10.0. The van der Waals surface area contributed by atoms with Crippen LogP contribution in [0.2, 0.25) is 19.6 Å². The van der Waals surface area contributed by atoms with Gasteiger partial charge in [-0.1, -0.05) is 43.1 Å². The highest BCUT2D eigenvalue weighted by atomic mass is 28.3. The van der Waals surface area contributed by atoms with Crippen LogP contribution in [0.1, 0.15) is 27.2 Å². The third-order valence-electron chi connectivity index (χ3n) is 1.87. The summed E-state index contributed by atoms with van der Waals surface area (Å²) in [6.45, 7) is 12.8. The zero-order valence-corrected chi connectivity index (χ0v) is 11.4. The fraction of sp³-hybridized carbons (Fsp3) is 0.667. The molecule has 1 atom stereocenters. The molecular weight excluding hydrogens is 188 g/mol. The average molecular weight is 212 g/mol. The first kappa shape index (κ1) is 13.7. The standard InChI is InChI=1S/C12H24OSi/c1-11(2)7-8-12(3,13)9-10-14(4,5)6/h7,9-10,13H,8H2,1-6H3. The summed E-state index contributed by atoms with van der Waals surface area (Å²) in [6.07, 6.45) is 4.74. The highest BCUT2D eigenvalue weighted by Gasteiger charge is 2.16. The molecule has 82 valence electrons. The molecule has 0 aliphatic heterocycles. The molecule has 0 saturated heterocycles. The molecule has 0 aromatic carbocycles. The summed E-state index contributed by atoms with van der Waals surface area (Å²) in [5.74, 6) is 0. The lowest BCUT2D eigenvalue weighted by atomic mass is 10.0. The lowest BCUT2D eigenvalue weighted by Gasteiger charge is -2.19. The molecule has 0 heterocycles. The van der Waals surface area contributed by atoms with Gasteiger partial charge in [-0.25, -0.2) is 0 Å². The van der Waals surface area contributed by atoms with Gasteiger partial charge in [-0.2, -0.15) is 0 Å². The van der Waals surface area contributed by atoms with Gasteiger partial charge in [-0.05, 0) is 27.2 Å². The molecule has 1 N–H and O–H groups in total. The number of rotatable bonds is 4. The summed E-state index contributed by atoms with van der Waals surface area (Å²) in [4.78, 5) is 0. The normalized spacial score (nSPS) is 16.8. The molecule has 14 heavy (non-hydrogen) atoms. The van der Waals surface area contributed by atoms with E-state index in [4.69, 9.17) is 0 Å². The van der Waals surface area contributed by atoms with Crippen LogP contribution in [-0.2, 0) is 0 Å². The van der Waals surface area contributed by atoms with E-state index in [1.54, 1.807) is 0 Å². The smallest absolute Gasteiger partial charge is 0.0830 e. The molecule has 0 fully saturated rings. The van der Waals surface area contributed by atoms with Crippen molar-refractivity contribution in [3.8, 4) is 0 Å². The van der Waals surface area contributed by atoms with Crippen LogP contribution in [0.4, 0.5) is 0 Å². The van der Waals surface area contributed by atoms with Gasteiger partial charge in [0.2, 0.25) is 0 Å². The van der Waals surface area contributed by atoms with Crippen molar-refractivity contribution in [3.05, 3.63) is 23.4 Å². The fourth-order valence-corrected chi connectivity index (χ4v) is 1.77. The summed E-state index contributed by atoms with van der Waals surface area (Å²) in [7, 11) is -1.18. The van der Waals surface area contributed by atoms with Gasteiger partial charge < -0.3 is 5.11 Å². The van der Waals surface area contributed by atoms with Gasteiger partial charge in [-0.3, -0.25) is 0 Å². The predicted molar refractivity (Wildman–Crippen MR) is 67.2 cm³/mol. The van der Waals surface area contributed by atoms with Crippen molar-refractivity contribution in [2.45, 2.75) is 52.4 Å². The minimum Gasteiger partial charge on any atom is -0.386 e. The Hall–Kier alpha value is -0.343. The highest BCUT2D eigenvalue weighted by molar-refractivity contribution is 6.80. The van der Waals surface area contributed by atoms with E-state index in [9.17, 15) is 5.11 Å². The van der Waals surface area contributed by atoms with Crippen molar-refractivity contribution in [2.75, 3.05) is 0 Å². The summed E-state index contributed by atoms with van der Waals surface area (Å²) in [5.41, 5.74) is 2.77. The lowest BCUT2D eigenvalue weighted by molar-refractivity contribution is 0.115. The van der Waals surface area contributed by atoms with E-state index in [1.165, 1.54) is 5.57 Å². The molecule has 1 unspecified atom stereocenters. The molecule has 2 heteroatoms. The van der Waals surface area contributed by atoms with Crippen molar-refractivity contribution < 1.29 is 5.11 Å². The molecule has 1 nitrogen and oxygen atoms in total. The third kappa shape index (κ3) is 8.26. The fourth-order valence-electron chi connectivity index (χ4n) is 0.908. The molecule has 0 amide bonds. The van der Waals surface area contributed by atoms with Gasteiger partial charge >= 0.3 is 0 Å². The summed E-state index contributed by atoms with van der Waals surface area (Å²) in [6, 6.07) is 0. The Morgan fingerprint density at radius 1 is 1.29 bits per heavy atom. The quantitative estimate of drug-likeness (QED) is 0.558. The van der Waals surface area contributed by atoms with Gasteiger partial charge in [0, 0.05) is 0 Å². The van der Waals surface area contributed by atoms with Crippen LogP contribution in [0.15, 0.2) is 23.4 Å². The van der Waals surface area contributed by atoms with Crippen LogP contribution in [0.3, 0.4) is 0 Å². The van der Waals surface area contributed by atoms with E-state index in [0.29, 0.717) is 6.42 Å². The summed E-state index contributed by atoms with van der Waals surface area (Å²) >= 11 is 0. The Labute approximate surface area is 89.5 Å². The van der Waals surface area contributed by atoms with Crippen molar-refractivity contribution in [1.82, 2.24) is 0 Å². The van der Waals surface area contributed by atoms with E-state index in [0.717, 1.165) is 0 Å². The van der Waals surface area contributed by atoms with E-state index >= 15 is 0 Å². The molecule has 0 radical (unpaired) electrons. The van der Waals surface area contributed by atoms with Crippen LogP contribution in [0, 0.1) is 0 Å². The van der Waals surface area contributed by atoms with E-state index in [2.05, 4.69) is 45.3 Å². The SMILES string of the molecule is CC(C)=CCC(C)(O)C=C[Si](C)(C)C. The molecule has 0 aromatic heterocycles. The Kier molecular flexibility index (Phi) is 4.82. The van der Waals surface area contributed by atoms with Crippen molar-refractivity contribution in [3.63, 3.8) is 0 Å². The van der Waals surface area contributed by atoms with E-state index in [-0.39, 0.29) is 0 Å². The first-order chi connectivity index (χ1) is 6.12. The second-order valence-corrected chi connectivity index (χ2v) is 10.6. The van der Waals surface area contributed by atoms with E-state index < -0.39 is 13.7 Å². The first-order valence-electron chi connectivity index (χ1n) is 5.18. The number of aliphatic hydroxyl groups is 1. The maximum absolute atomic E-state index is 10.0. The molecule has 0 rings (SSSR count). The van der Waals surface area contributed by atoms with Crippen LogP contribution >= 0.6 is 0 Å². The van der Waals surface area contributed by atoms with Crippen molar-refractivity contribution >= 4 is 8.07 Å². The van der Waals surface area contributed by atoms with Crippen molar-refractivity contribution in [2.24, 2.45) is 0 Å². The highest BCUT2D eigenvalue weighted by Crippen LogP contribution is 2.15. The van der Waals surface area contributed by atoms with Crippen LogP contribution in [-0.4, -0.2) is 18.8 Å². The maximum Gasteiger partial charge on any atom is 0.0830 e. The molecule has 0 bridgehead atoms. The summed E-state index contributed by atoms with van der Waals surface area (Å²) in [5, 5.41) is 10.0. The van der Waals surface area contributed by atoms with Crippen LogP contribution in [0.25, 0.3) is 0 Å². The molecule has 0 aliphatic carbocycles. The Bertz CT molecular complexity index is 227. The summed E-state index contributed by atoms with van der Waals surface area (Å²) < 4.78 is 0. The van der Waals surface area contributed by atoms with Crippen LogP contribution in [0.5, 0.6) is 0 Å². The first-order valence-corrected chi connectivity index (χ1v) is 8.76. The van der Waals surface area contributed by atoms with Gasteiger partial charge in [0.15, 0.2) is 0 Å². The Balaban J connectivity index is 4.35.